The lowest BCUT2D eigenvalue weighted by Crippen LogP contribution is -2.42. The number of ether oxygens (including phenoxy) is 1. The Morgan fingerprint density at radius 1 is 1.29 bits per heavy atom. The van der Waals surface area contributed by atoms with Crippen molar-refractivity contribution in [3.05, 3.63) is 35.4 Å². The van der Waals surface area contributed by atoms with Gasteiger partial charge in [-0.2, -0.15) is 0 Å². The molecule has 0 aliphatic heterocycles. The van der Waals surface area contributed by atoms with E-state index >= 15 is 0 Å². The van der Waals surface area contributed by atoms with Crippen molar-refractivity contribution in [3.63, 3.8) is 0 Å². The minimum atomic E-state index is -0.964. The van der Waals surface area contributed by atoms with Gasteiger partial charge in [-0.05, 0) is 57.2 Å². The van der Waals surface area contributed by atoms with Gasteiger partial charge in [-0.15, -0.1) is 0 Å². The number of esters is 1. The molecule has 2 rings (SSSR count). The molecule has 0 aromatic heterocycles. The number of carbonyl (C=O) groups excluding carboxylic acids is 1. The van der Waals surface area contributed by atoms with E-state index in [2.05, 4.69) is 5.32 Å². The van der Waals surface area contributed by atoms with Gasteiger partial charge in [0.2, 0.25) is 0 Å². The first-order valence-corrected chi connectivity index (χ1v) is 8.48. The number of hydrogen-bond acceptors (Lipinski definition) is 4. The van der Waals surface area contributed by atoms with E-state index < -0.39 is 17.7 Å². The van der Waals surface area contributed by atoms with E-state index in [9.17, 15) is 18.7 Å². The van der Waals surface area contributed by atoms with Crippen LogP contribution in [0.2, 0.25) is 0 Å². The van der Waals surface area contributed by atoms with Crippen molar-refractivity contribution in [2.75, 3.05) is 6.61 Å². The molecule has 6 heteroatoms. The first-order chi connectivity index (χ1) is 11.4. The maximum atomic E-state index is 13.3. The summed E-state index contributed by atoms with van der Waals surface area (Å²) in [5, 5.41) is 13.6. The van der Waals surface area contributed by atoms with Gasteiger partial charge in [-0.3, -0.25) is 4.79 Å². The zero-order valence-electron chi connectivity index (χ0n) is 14.1. The minimum Gasteiger partial charge on any atom is -0.466 e. The SMILES string of the molecule is CCOC(=O)C1CCC(NC(C)C(O)c2ccc(F)c(F)c2)CC1. The molecule has 2 N–H and O–H groups in total. The van der Waals surface area contributed by atoms with Crippen molar-refractivity contribution in [1.82, 2.24) is 5.32 Å². The van der Waals surface area contributed by atoms with Crippen LogP contribution in [0.4, 0.5) is 8.78 Å². The predicted molar refractivity (Wildman–Crippen MR) is 86.3 cm³/mol. The lowest BCUT2D eigenvalue weighted by Gasteiger charge is -2.32. The third-order valence-electron chi connectivity index (χ3n) is 4.60. The van der Waals surface area contributed by atoms with Crippen LogP contribution < -0.4 is 5.32 Å². The summed E-state index contributed by atoms with van der Waals surface area (Å²) in [5.41, 5.74) is 0.342. The highest BCUT2D eigenvalue weighted by Crippen LogP contribution is 2.27. The van der Waals surface area contributed by atoms with Crippen molar-refractivity contribution in [2.24, 2.45) is 5.92 Å². The molecular weight excluding hydrogens is 316 g/mol. The number of rotatable bonds is 6. The summed E-state index contributed by atoms with van der Waals surface area (Å²) >= 11 is 0. The summed E-state index contributed by atoms with van der Waals surface area (Å²) in [5.74, 6) is -2.07. The molecule has 2 atom stereocenters. The van der Waals surface area contributed by atoms with Crippen LogP contribution in [0.3, 0.4) is 0 Å². The number of halogens is 2. The summed E-state index contributed by atoms with van der Waals surface area (Å²) < 4.78 is 31.3. The van der Waals surface area contributed by atoms with E-state index in [4.69, 9.17) is 4.74 Å². The number of aliphatic hydroxyl groups is 1. The Morgan fingerprint density at radius 2 is 1.96 bits per heavy atom. The van der Waals surface area contributed by atoms with E-state index in [0.29, 0.717) is 12.2 Å². The van der Waals surface area contributed by atoms with Crippen molar-refractivity contribution in [1.29, 1.82) is 0 Å². The third kappa shape index (κ3) is 4.74. The number of aliphatic hydroxyl groups excluding tert-OH is 1. The maximum Gasteiger partial charge on any atom is 0.308 e. The largest absolute Gasteiger partial charge is 0.466 e. The highest BCUT2D eigenvalue weighted by molar-refractivity contribution is 5.72. The molecule has 0 radical (unpaired) electrons. The van der Waals surface area contributed by atoms with E-state index in [-0.39, 0.29) is 24.0 Å². The van der Waals surface area contributed by atoms with Crippen molar-refractivity contribution >= 4 is 5.97 Å². The lowest BCUT2D eigenvalue weighted by molar-refractivity contribution is -0.149. The molecule has 1 aliphatic rings. The van der Waals surface area contributed by atoms with Gasteiger partial charge in [0.25, 0.3) is 0 Å². The fourth-order valence-corrected chi connectivity index (χ4v) is 3.20. The molecule has 1 aromatic rings. The third-order valence-corrected chi connectivity index (χ3v) is 4.60. The van der Waals surface area contributed by atoms with Crippen molar-refractivity contribution in [2.45, 2.75) is 57.7 Å². The van der Waals surface area contributed by atoms with Crippen LogP contribution in [0.5, 0.6) is 0 Å². The molecule has 2 unspecified atom stereocenters. The maximum absolute atomic E-state index is 13.3. The molecule has 4 nitrogen and oxygen atoms in total. The summed E-state index contributed by atoms with van der Waals surface area (Å²) in [7, 11) is 0. The predicted octanol–water partition coefficient (Wildman–Crippen LogP) is 3.10. The molecule has 0 heterocycles. The first kappa shape index (κ1) is 18.8. The topological polar surface area (TPSA) is 58.6 Å². The summed E-state index contributed by atoms with van der Waals surface area (Å²) in [6.07, 6.45) is 2.22. The Labute approximate surface area is 141 Å². The summed E-state index contributed by atoms with van der Waals surface area (Å²) in [6, 6.07) is 3.31. The van der Waals surface area contributed by atoms with E-state index in [1.165, 1.54) is 6.07 Å². The van der Waals surface area contributed by atoms with Gasteiger partial charge in [0, 0.05) is 12.1 Å². The Bertz CT molecular complexity index is 559. The average Bonchev–Trinajstić information content (AvgIpc) is 2.57. The van der Waals surface area contributed by atoms with Gasteiger partial charge in [0.05, 0.1) is 18.6 Å². The van der Waals surface area contributed by atoms with Crippen LogP contribution in [-0.2, 0) is 9.53 Å². The van der Waals surface area contributed by atoms with Crippen molar-refractivity contribution < 1.29 is 23.4 Å². The molecule has 0 saturated heterocycles. The lowest BCUT2D eigenvalue weighted by atomic mass is 9.85. The van der Waals surface area contributed by atoms with Crippen LogP contribution in [-0.4, -0.2) is 29.8 Å². The Hall–Kier alpha value is -1.53. The molecular formula is C18H25F2NO3. The van der Waals surface area contributed by atoms with Gasteiger partial charge in [-0.25, -0.2) is 8.78 Å². The molecule has 24 heavy (non-hydrogen) atoms. The molecule has 0 amide bonds. The Balaban J connectivity index is 1.85. The standard InChI is InChI=1S/C18H25F2NO3/c1-3-24-18(23)12-4-7-14(8-5-12)21-11(2)17(22)13-6-9-15(19)16(20)10-13/h6,9-12,14,17,21-22H,3-5,7-8H2,1-2H3. The molecule has 134 valence electrons. The first-order valence-electron chi connectivity index (χ1n) is 8.48. The van der Waals surface area contributed by atoms with Crippen LogP contribution in [0.1, 0.15) is 51.2 Å². The Morgan fingerprint density at radius 3 is 2.54 bits per heavy atom. The summed E-state index contributed by atoms with van der Waals surface area (Å²) in [6.45, 7) is 4.00. The molecule has 1 aromatic carbocycles. The van der Waals surface area contributed by atoms with Gasteiger partial charge in [0.15, 0.2) is 11.6 Å². The quantitative estimate of drug-likeness (QED) is 0.781. The minimum absolute atomic E-state index is 0.0468. The molecule has 0 spiro atoms. The smallest absolute Gasteiger partial charge is 0.308 e. The average molecular weight is 341 g/mol. The van der Waals surface area contributed by atoms with E-state index in [1.54, 1.807) is 6.92 Å². The van der Waals surface area contributed by atoms with Gasteiger partial charge < -0.3 is 15.2 Å². The van der Waals surface area contributed by atoms with Gasteiger partial charge >= 0.3 is 5.97 Å². The Kier molecular flexibility index (Phi) is 6.69. The van der Waals surface area contributed by atoms with Crippen LogP contribution in [0.25, 0.3) is 0 Å². The molecule has 1 saturated carbocycles. The highest BCUT2D eigenvalue weighted by atomic mass is 19.2. The van der Waals surface area contributed by atoms with Crippen LogP contribution in [0.15, 0.2) is 18.2 Å². The molecule has 1 aliphatic carbocycles. The monoisotopic (exact) mass is 341 g/mol. The van der Waals surface area contributed by atoms with Gasteiger partial charge in [0.1, 0.15) is 0 Å². The normalized spacial score (nSPS) is 23.5. The fourth-order valence-electron chi connectivity index (χ4n) is 3.20. The number of benzene rings is 1. The zero-order valence-corrected chi connectivity index (χ0v) is 14.1. The number of hydrogen-bond donors (Lipinski definition) is 2. The number of carbonyl (C=O) groups is 1. The second-order valence-electron chi connectivity index (χ2n) is 6.37. The number of nitrogens with one attached hydrogen (secondary N) is 1. The van der Waals surface area contributed by atoms with Crippen LogP contribution >= 0.6 is 0 Å². The van der Waals surface area contributed by atoms with Crippen molar-refractivity contribution in [3.8, 4) is 0 Å². The summed E-state index contributed by atoms with van der Waals surface area (Å²) in [4.78, 5) is 11.7. The second kappa shape index (κ2) is 8.53. The van der Waals surface area contributed by atoms with E-state index in [0.717, 1.165) is 37.8 Å². The fraction of sp³-hybridized carbons (Fsp3) is 0.611. The van der Waals surface area contributed by atoms with E-state index in [1.807, 2.05) is 6.92 Å². The van der Waals surface area contributed by atoms with Crippen LogP contribution in [0, 0.1) is 17.6 Å². The van der Waals surface area contributed by atoms with Gasteiger partial charge in [-0.1, -0.05) is 6.07 Å². The zero-order chi connectivity index (χ0) is 17.7. The molecule has 1 fully saturated rings. The molecule has 0 bridgehead atoms. The highest BCUT2D eigenvalue weighted by Gasteiger charge is 2.29. The second-order valence-corrected chi connectivity index (χ2v) is 6.37.